The first-order chi connectivity index (χ1) is 14.1. The third kappa shape index (κ3) is 5.47. The highest BCUT2D eigenvalue weighted by Crippen LogP contribution is 2.20. The van der Waals surface area contributed by atoms with E-state index in [4.69, 9.17) is 4.74 Å². The van der Waals surface area contributed by atoms with Crippen LogP contribution in [-0.4, -0.2) is 18.0 Å². The number of carbonyl (C=O) groups is 2. The SMILES string of the molecule is CC(C)c1ccc(/C=C(\C#N)C(=O)O[C@@H](C)C(=O)Nc2ccc(F)c(F)c2F)cc1. The van der Waals surface area contributed by atoms with Gasteiger partial charge < -0.3 is 10.1 Å². The molecule has 1 amide bonds. The fourth-order valence-electron chi connectivity index (χ4n) is 2.42. The number of hydrogen-bond donors (Lipinski definition) is 1. The quantitative estimate of drug-likeness (QED) is 0.320. The van der Waals surface area contributed by atoms with Gasteiger partial charge in [0.2, 0.25) is 0 Å². The zero-order valence-electron chi connectivity index (χ0n) is 16.5. The summed E-state index contributed by atoms with van der Waals surface area (Å²) >= 11 is 0. The lowest BCUT2D eigenvalue weighted by molar-refractivity contribution is -0.148. The van der Waals surface area contributed by atoms with Crippen LogP contribution in [0.4, 0.5) is 18.9 Å². The van der Waals surface area contributed by atoms with Gasteiger partial charge >= 0.3 is 5.97 Å². The van der Waals surface area contributed by atoms with Crippen LogP contribution < -0.4 is 5.32 Å². The molecule has 0 saturated heterocycles. The minimum absolute atomic E-state index is 0.321. The van der Waals surface area contributed by atoms with Crippen molar-refractivity contribution in [1.29, 1.82) is 5.26 Å². The first kappa shape index (κ1) is 22.7. The molecule has 0 saturated carbocycles. The number of nitrogens with zero attached hydrogens (tertiary/aromatic N) is 1. The molecule has 8 heteroatoms. The number of halogens is 3. The van der Waals surface area contributed by atoms with Crippen molar-refractivity contribution in [2.75, 3.05) is 5.32 Å². The van der Waals surface area contributed by atoms with Crippen LogP contribution in [0.5, 0.6) is 0 Å². The smallest absolute Gasteiger partial charge is 0.349 e. The lowest BCUT2D eigenvalue weighted by atomic mass is 10.0. The first-order valence-corrected chi connectivity index (χ1v) is 9.01. The maximum atomic E-state index is 13.7. The lowest BCUT2D eigenvalue weighted by Crippen LogP contribution is -2.30. The number of rotatable bonds is 6. The fraction of sp³-hybridized carbons (Fsp3) is 0.227. The van der Waals surface area contributed by atoms with Gasteiger partial charge in [0, 0.05) is 0 Å². The van der Waals surface area contributed by atoms with Crippen LogP contribution in [0.15, 0.2) is 42.0 Å². The highest BCUT2D eigenvalue weighted by molar-refractivity contribution is 6.01. The van der Waals surface area contributed by atoms with E-state index in [0.29, 0.717) is 17.5 Å². The van der Waals surface area contributed by atoms with E-state index < -0.39 is 41.1 Å². The lowest BCUT2D eigenvalue weighted by Gasteiger charge is -2.14. The zero-order chi connectivity index (χ0) is 22.4. The largest absolute Gasteiger partial charge is 0.448 e. The van der Waals surface area contributed by atoms with E-state index in [1.165, 1.54) is 13.0 Å². The molecule has 0 radical (unpaired) electrons. The number of ether oxygens (including phenoxy) is 1. The Morgan fingerprint density at radius 2 is 1.67 bits per heavy atom. The van der Waals surface area contributed by atoms with E-state index in [1.54, 1.807) is 18.2 Å². The van der Waals surface area contributed by atoms with Crippen molar-refractivity contribution in [3.8, 4) is 6.07 Å². The molecule has 0 fully saturated rings. The second kappa shape index (κ2) is 9.74. The summed E-state index contributed by atoms with van der Waals surface area (Å²) in [7, 11) is 0. The molecule has 0 aliphatic rings. The van der Waals surface area contributed by atoms with Crippen LogP contribution in [-0.2, 0) is 14.3 Å². The highest BCUT2D eigenvalue weighted by atomic mass is 19.2. The molecule has 30 heavy (non-hydrogen) atoms. The molecule has 0 unspecified atom stereocenters. The molecule has 0 aliphatic heterocycles. The van der Waals surface area contributed by atoms with Crippen LogP contribution >= 0.6 is 0 Å². The minimum atomic E-state index is -1.74. The maximum Gasteiger partial charge on any atom is 0.349 e. The molecule has 5 nitrogen and oxygen atoms in total. The van der Waals surface area contributed by atoms with Crippen molar-refractivity contribution in [2.24, 2.45) is 0 Å². The molecule has 0 aromatic heterocycles. The topological polar surface area (TPSA) is 79.2 Å². The van der Waals surface area contributed by atoms with Crippen molar-refractivity contribution in [3.63, 3.8) is 0 Å². The van der Waals surface area contributed by atoms with Crippen molar-refractivity contribution in [3.05, 3.63) is 70.5 Å². The van der Waals surface area contributed by atoms with Crippen LogP contribution in [0.1, 0.15) is 37.8 Å². The summed E-state index contributed by atoms with van der Waals surface area (Å²) in [6, 6.07) is 10.4. The molecule has 1 N–H and O–H groups in total. The number of nitrogens with one attached hydrogen (secondary N) is 1. The molecular formula is C22H19F3N2O3. The third-order valence-corrected chi connectivity index (χ3v) is 4.20. The van der Waals surface area contributed by atoms with Gasteiger partial charge in [-0.2, -0.15) is 5.26 Å². The van der Waals surface area contributed by atoms with Gasteiger partial charge in [-0.3, -0.25) is 4.79 Å². The van der Waals surface area contributed by atoms with Gasteiger partial charge in [0.25, 0.3) is 5.91 Å². The summed E-state index contributed by atoms with van der Waals surface area (Å²) in [6.07, 6.45) is -0.114. The van der Waals surface area contributed by atoms with E-state index in [1.807, 2.05) is 31.3 Å². The minimum Gasteiger partial charge on any atom is -0.448 e. The van der Waals surface area contributed by atoms with Gasteiger partial charge in [-0.05, 0) is 42.2 Å². The van der Waals surface area contributed by atoms with Crippen LogP contribution in [0.3, 0.4) is 0 Å². The number of anilines is 1. The van der Waals surface area contributed by atoms with E-state index in [2.05, 4.69) is 0 Å². The summed E-state index contributed by atoms with van der Waals surface area (Å²) in [4.78, 5) is 24.3. The summed E-state index contributed by atoms with van der Waals surface area (Å²) in [5, 5.41) is 11.2. The Morgan fingerprint density at radius 3 is 2.23 bits per heavy atom. The summed E-state index contributed by atoms with van der Waals surface area (Å²) in [5.74, 6) is -6.44. The standard InChI is InChI=1S/C22H19F3N2O3/c1-12(2)15-6-4-14(5-7-15)10-16(11-26)22(29)30-13(3)21(28)27-18-9-8-17(23)19(24)20(18)25/h4-10,12-13H,1-3H3,(H,27,28)/b16-10+/t13-/m0/s1. The number of benzene rings is 2. The molecule has 0 heterocycles. The van der Waals surface area contributed by atoms with E-state index >= 15 is 0 Å². The Balaban J connectivity index is 2.08. The number of esters is 1. The Hall–Kier alpha value is -3.60. The van der Waals surface area contributed by atoms with Crippen LogP contribution in [0.25, 0.3) is 6.08 Å². The maximum absolute atomic E-state index is 13.7. The number of hydrogen-bond acceptors (Lipinski definition) is 4. The number of nitriles is 1. The summed E-state index contributed by atoms with van der Waals surface area (Å²) in [5.41, 5.74) is 0.728. The molecule has 0 bridgehead atoms. The Morgan fingerprint density at radius 1 is 1.03 bits per heavy atom. The molecule has 2 aromatic carbocycles. The van der Waals surface area contributed by atoms with Crippen molar-refractivity contribution in [2.45, 2.75) is 32.8 Å². The van der Waals surface area contributed by atoms with Gasteiger partial charge in [-0.1, -0.05) is 38.1 Å². The first-order valence-electron chi connectivity index (χ1n) is 9.01. The summed E-state index contributed by atoms with van der Waals surface area (Å²) in [6.45, 7) is 5.25. The molecule has 156 valence electrons. The van der Waals surface area contributed by atoms with Crippen molar-refractivity contribution < 1.29 is 27.5 Å². The van der Waals surface area contributed by atoms with Gasteiger partial charge in [-0.15, -0.1) is 0 Å². The van der Waals surface area contributed by atoms with Gasteiger partial charge in [0.1, 0.15) is 11.6 Å². The number of carbonyl (C=O) groups excluding carboxylic acids is 2. The van der Waals surface area contributed by atoms with E-state index in [-0.39, 0.29) is 5.57 Å². The average molecular weight is 416 g/mol. The van der Waals surface area contributed by atoms with Gasteiger partial charge in [0.05, 0.1) is 5.69 Å². The van der Waals surface area contributed by atoms with E-state index in [0.717, 1.165) is 11.6 Å². The zero-order valence-corrected chi connectivity index (χ0v) is 16.5. The summed E-state index contributed by atoms with van der Waals surface area (Å²) < 4.78 is 44.8. The van der Waals surface area contributed by atoms with Gasteiger partial charge in [0.15, 0.2) is 23.6 Å². The van der Waals surface area contributed by atoms with Crippen LogP contribution in [0, 0.1) is 28.8 Å². The van der Waals surface area contributed by atoms with Gasteiger partial charge in [-0.25, -0.2) is 18.0 Å². The average Bonchev–Trinajstić information content (AvgIpc) is 2.72. The molecule has 0 spiro atoms. The Bertz CT molecular complexity index is 1030. The molecular weight excluding hydrogens is 397 g/mol. The molecule has 2 rings (SSSR count). The molecule has 0 aliphatic carbocycles. The molecule has 1 atom stereocenters. The Labute approximate surface area is 171 Å². The monoisotopic (exact) mass is 416 g/mol. The van der Waals surface area contributed by atoms with Crippen molar-refractivity contribution >= 4 is 23.6 Å². The van der Waals surface area contributed by atoms with E-state index in [9.17, 15) is 28.0 Å². The highest BCUT2D eigenvalue weighted by Gasteiger charge is 2.23. The Kier molecular flexibility index (Phi) is 7.37. The molecule has 2 aromatic rings. The van der Waals surface area contributed by atoms with Crippen molar-refractivity contribution in [1.82, 2.24) is 0 Å². The normalized spacial score (nSPS) is 12.3. The predicted octanol–water partition coefficient (Wildman–Crippen LogP) is 4.70. The fourth-order valence-corrected chi connectivity index (χ4v) is 2.42. The predicted molar refractivity (Wildman–Crippen MR) is 105 cm³/mol. The second-order valence-electron chi connectivity index (χ2n) is 6.75. The number of amides is 1. The third-order valence-electron chi connectivity index (χ3n) is 4.20. The second-order valence-corrected chi connectivity index (χ2v) is 6.75. The van der Waals surface area contributed by atoms with Crippen LogP contribution in [0.2, 0.25) is 0 Å².